The summed E-state index contributed by atoms with van der Waals surface area (Å²) < 4.78 is 13.8. The molecule has 0 aliphatic rings. The van der Waals surface area contributed by atoms with Gasteiger partial charge in [-0.3, -0.25) is 4.90 Å². The van der Waals surface area contributed by atoms with Gasteiger partial charge >= 0.3 is 0 Å². The van der Waals surface area contributed by atoms with Crippen molar-refractivity contribution in [2.24, 2.45) is 0 Å². The Bertz CT molecular complexity index is 363. The van der Waals surface area contributed by atoms with Crippen LogP contribution in [0, 0.1) is 5.82 Å². The first-order valence-electron chi connectivity index (χ1n) is 5.52. The molecule has 0 spiro atoms. The molecule has 1 nitrogen and oxygen atoms in total. The highest BCUT2D eigenvalue weighted by atomic mass is 79.9. The summed E-state index contributed by atoms with van der Waals surface area (Å²) in [5.41, 5.74) is 1.28. The van der Waals surface area contributed by atoms with E-state index in [1.165, 1.54) is 12.1 Å². The van der Waals surface area contributed by atoms with Gasteiger partial charge in [0.25, 0.3) is 0 Å². The van der Waals surface area contributed by atoms with Gasteiger partial charge < -0.3 is 0 Å². The standard InChI is InChI=1S/C13H19BrFN/c1-5-13(2,3)16(4)9-10-6-7-11(15)8-12(10)14/h6-8H,5,9H2,1-4H3. The van der Waals surface area contributed by atoms with E-state index in [1.54, 1.807) is 0 Å². The first kappa shape index (κ1) is 13.7. The summed E-state index contributed by atoms with van der Waals surface area (Å²) in [7, 11) is 2.10. The van der Waals surface area contributed by atoms with Crippen molar-refractivity contribution >= 4 is 15.9 Å². The minimum Gasteiger partial charge on any atom is -0.297 e. The van der Waals surface area contributed by atoms with E-state index in [2.05, 4.69) is 48.6 Å². The second-order valence-corrected chi connectivity index (χ2v) is 5.61. The lowest BCUT2D eigenvalue weighted by molar-refractivity contribution is 0.143. The molecule has 0 radical (unpaired) electrons. The van der Waals surface area contributed by atoms with Crippen LogP contribution in [0.15, 0.2) is 22.7 Å². The molecule has 1 aromatic rings. The Kier molecular flexibility index (Phi) is 4.51. The van der Waals surface area contributed by atoms with Gasteiger partial charge in [-0.2, -0.15) is 0 Å². The third-order valence-electron chi connectivity index (χ3n) is 3.32. The van der Waals surface area contributed by atoms with Crippen molar-refractivity contribution in [2.45, 2.75) is 39.3 Å². The molecule has 0 bridgehead atoms. The zero-order valence-corrected chi connectivity index (χ0v) is 11.9. The number of halogens is 2. The quantitative estimate of drug-likeness (QED) is 0.802. The largest absolute Gasteiger partial charge is 0.297 e. The minimum absolute atomic E-state index is 0.161. The summed E-state index contributed by atoms with van der Waals surface area (Å²) in [6, 6.07) is 4.86. The smallest absolute Gasteiger partial charge is 0.124 e. The Labute approximate surface area is 106 Å². The van der Waals surface area contributed by atoms with E-state index in [-0.39, 0.29) is 11.4 Å². The molecule has 90 valence electrons. The van der Waals surface area contributed by atoms with Crippen LogP contribution >= 0.6 is 15.9 Å². The summed E-state index contributed by atoms with van der Waals surface area (Å²) in [5, 5.41) is 0. The van der Waals surface area contributed by atoms with E-state index in [9.17, 15) is 4.39 Å². The first-order chi connectivity index (χ1) is 7.36. The Hall–Kier alpha value is -0.410. The fraction of sp³-hybridized carbons (Fsp3) is 0.538. The molecular weight excluding hydrogens is 269 g/mol. The van der Waals surface area contributed by atoms with Crippen LogP contribution in [0.2, 0.25) is 0 Å². The molecule has 0 N–H and O–H groups in total. The SMILES string of the molecule is CCC(C)(C)N(C)Cc1ccc(F)cc1Br. The third kappa shape index (κ3) is 3.29. The number of nitrogens with zero attached hydrogens (tertiary/aromatic N) is 1. The van der Waals surface area contributed by atoms with Crippen molar-refractivity contribution in [1.29, 1.82) is 0 Å². The molecule has 0 aliphatic heterocycles. The topological polar surface area (TPSA) is 3.24 Å². The first-order valence-corrected chi connectivity index (χ1v) is 6.31. The van der Waals surface area contributed by atoms with Crippen molar-refractivity contribution in [3.8, 4) is 0 Å². The van der Waals surface area contributed by atoms with Crippen LogP contribution in [-0.2, 0) is 6.54 Å². The van der Waals surface area contributed by atoms with Gasteiger partial charge in [-0.1, -0.05) is 28.9 Å². The van der Waals surface area contributed by atoms with Gasteiger partial charge in [0.05, 0.1) is 0 Å². The van der Waals surface area contributed by atoms with E-state index in [1.807, 2.05) is 6.07 Å². The molecule has 0 aromatic heterocycles. The molecule has 0 saturated heterocycles. The molecule has 1 rings (SSSR count). The average molecular weight is 288 g/mol. The van der Waals surface area contributed by atoms with Gasteiger partial charge in [-0.05, 0) is 45.0 Å². The zero-order chi connectivity index (χ0) is 12.3. The number of hydrogen-bond donors (Lipinski definition) is 0. The monoisotopic (exact) mass is 287 g/mol. The lowest BCUT2D eigenvalue weighted by atomic mass is 9.99. The van der Waals surface area contributed by atoms with Crippen molar-refractivity contribution in [3.63, 3.8) is 0 Å². The van der Waals surface area contributed by atoms with Gasteiger partial charge in [-0.25, -0.2) is 4.39 Å². The average Bonchev–Trinajstić information content (AvgIpc) is 2.22. The van der Waals surface area contributed by atoms with E-state index < -0.39 is 0 Å². The van der Waals surface area contributed by atoms with Crippen LogP contribution < -0.4 is 0 Å². The second-order valence-electron chi connectivity index (χ2n) is 4.76. The predicted molar refractivity (Wildman–Crippen MR) is 69.9 cm³/mol. The predicted octanol–water partition coefficient (Wildman–Crippen LogP) is 4.21. The molecule has 0 heterocycles. The molecule has 1 aromatic carbocycles. The zero-order valence-electron chi connectivity index (χ0n) is 10.3. The highest BCUT2D eigenvalue weighted by Crippen LogP contribution is 2.24. The highest BCUT2D eigenvalue weighted by Gasteiger charge is 2.21. The van der Waals surface area contributed by atoms with Crippen LogP contribution in [-0.4, -0.2) is 17.5 Å². The Morgan fingerprint density at radius 1 is 1.38 bits per heavy atom. The van der Waals surface area contributed by atoms with Gasteiger partial charge in [0.1, 0.15) is 5.82 Å². The van der Waals surface area contributed by atoms with E-state index in [4.69, 9.17) is 0 Å². The van der Waals surface area contributed by atoms with Crippen molar-refractivity contribution in [3.05, 3.63) is 34.1 Å². The van der Waals surface area contributed by atoms with Crippen LogP contribution in [0.1, 0.15) is 32.8 Å². The minimum atomic E-state index is -0.201. The summed E-state index contributed by atoms with van der Waals surface area (Å²) in [6.07, 6.45) is 1.09. The van der Waals surface area contributed by atoms with Gasteiger partial charge in [0.15, 0.2) is 0 Å². The van der Waals surface area contributed by atoms with Crippen LogP contribution in [0.25, 0.3) is 0 Å². The molecule has 0 amide bonds. The number of hydrogen-bond acceptors (Lipinski definition) is 1. The van der Waals surface area contributed by atoms with Crippen molar-refractivity contribution < 1.29 is 4.39 Å². The molecular formula is C13H19BrFN. The highest BCUT2D eigenvalue weighted by molar-refractivity contribution is 9.10. The Morgan fingerprint density at radius 3 is 2.50 bits per heavy atom. The Balaban J connectivity index is 2.81. The van der Waals surface area contributed by atoms with Crippen LogP contribution in [0.5, 0.6) is 0 Å². The summed E-state index contributed by atoms with van der Waals surface area (Å²) in [5.74, 6) is -0.201. The van der Waals surface area contributed by atoms with E-state index in [0.717, 1.165) is 23.0 Å². The molecule has 0 fully saturated rings. The maximum Gasteiger partial charge on any atom is 0.124 e. The van der Waals surface area contributed by atoms with Gasteiger partial charge in [-0.15, -0.1) is 0 Å². The fourth-order valence-electron chi connectivity index (χ4n) is 1.39. The van der Waals surface area contributed by atoms with E-state index >= 15 is 0 Å². The molecule has 16 heavy (non-hydrogen) atoms. The summed E-state index contributed by atoms with van der Waals surface area (Å²) in [4.78, 5) is 2.28. The van der Waals surface area contributed by atoms with Crippen LogP contribution in [0.4, 0.5) is 4.39 Å². The number of rotatable bonds is 4. The van der Waals surface area contributed by atoms with E-state index in [0.29, 0.717) is 0 Å². The summed E-state index contributed by atoms with van der Waals surface area (Å²) in [6.45, 7) is 7.42. The molecule has 0 aliphatic carbocycles. The lowest BCUT2D eigenvalue weighted by Gasteiger charge is -2.35. The van der Waals surface area contributed by atoms with Crippen molar-refractivity contribution in [2.75, 3.05) is 7.05 Å². The second kappa shape index (κ2) is 5.28. The fourth-order valence-corrected chi connectivity index (χ4v) is 1.87. The molecule has 0 unspecified atom stereocenters. The normalized spacial score (nSPS) is 12.2. The van der Waals surface area contributed by atoms with Crippen LogP contribution in [0.3, 0.4) is 0 Å². The Morgan fingerprint density at radius 2 is 2.00 bits per heavy atom. The molecule has 0 atom stereocenters. The summed E-state index contributed by atoms with van der Waals surface area (Å²) >= 11 is 3.40. The lowest BCUT2D eigenvalue weighted by Crippen LogP contribution is -2.39. The number of benzene rings is 1. The van der Waals surface area contributed by atoms with Gasteiger partial charge in [0.2, 0.25) is 0 Å². The van der Waals surface area contributed by atoms with Crippen molar-refractivity contribution in [1.82, 2.24) is 4.90 Å². The molecule has 0 saturated carbocycles. The third-order valence-corrected chi connectivity index (χ3v) is 4.06. The van der Waals surface area contributed by atoms with Gasteiger partial charge in [0, 0.05) is 16.6 Å². The molecule has 3 heteroatoms. The maximum atomic E-state index is 12.9. The maximum absolute atomic E-state index is 12.9.